The molecule has 1 aliphatic carbocycles. The maximum Gasteiger partial charge on any atom is 0.254 e. The fraction of sp³-hybridized carbons (Fsp3) is 0.320. The van der Waals surface area contributed by atoms with Crippen LogP contribution in [0.3, 0.4) is 0 Å². The van der Waals surface area contributed by atoms with Gasteiger partial charge in [-0.3, -0.25) is 9.48 Å². The highest BCUT2D eigenvalue weighted by Crippen LogP contribution is 2.38. The minimum absolute atomic E-state index is 0.0528. The zero-order valence-electron chi connectivity index (χ0n) is 19.2. The molecule has 1 aliphatic heterocycles. The Hall–Kier alpha value is -4.33. The Labute approximate surface area is 204 Å². The molecule has 0 unspecified atom stereocenters. The number of aromatic nitrogens is 5. The van der Waals surface area contributed by atoms with E-state index in [9.17, 15) is 18.8 Å². The Bertz CT molecular complexity index is 1510. The van der Waals surface area contributed by atoms with E-state index in [2.05, 4.69) is 31.4 Å². The third-order valence-corrected chi connectivity index (χ3v) is 6.94. The van der Waals surface area contributed by atoms with Gasteiger partial charge in [0.1, 0.15) is 29.1 Å². The smallest absolute Gasteiger partial charge is 0.254 e. The van der Waals surface area contributed by atoms with E-state index >= 15 is 0 Å². The summed E-state index contributed by atoms with van der Waals surface area (Å²) in [6, 6.07) is 6.07. The van der Waals surface area contributed by atoms with Crippen LogP contribution in [0.25, 0.3) is 22.3 Å². The van der Waals surface area contributed by atoms with Gasteiger partial charge in [0.15, 0.2) is 0 Å². The number of aromatic amines is 1. The van der Waals surface area contributed by atoms with E-state index < -0.39 is 23.1 Å². The molecular formula is C25H22F2N8O. The molecule has 6 rings (SSSR count). The topological polar surface area (TPSA) is 116 Å². The van der Waals surface area contributed by atoms with Crippen molar-refractivity contribution in [2.75, 3.05) is 24.5 Å². The summed E-state index contributed by atoms with van der Waals surface area (Å²) in [5.41, 5.74) is 1.21. The lowest BCUT2D eigenvalue weighted by atomic mass is 9.86. The van der Waals surface area contributed by atoms with Crippen LogP contribution in [-0.4, -0.2) is 50.3 Å². The zero-order valence-corrected chi connectivity index (χ0v) is 19.2. The molecule has 9 nitrogen and oxygen atoms in total. The molecule has 1 saturated heterocycles. The fourth-order valence-corrected chi connectivity index (χ4v) is 4.73. The van der Waals surface area contributed by atoms with Gasteiger partial charge in [-0.15, -0.1) is 0 Å². The predicted octanol–water partition coefficient (Wildman–Crippen LogP) is 3.37. The first-order chi connectivity index (χ1) is 17.5. The number of nitrogens with zero attached hydrogens (tertiary/aromatic N) is 6. The lowest BCUT2D eigenvalue weighted by Crippen LogP contribution is -2.63. The molecule has 2 fully saturated rings. The first-order valence-corrected chi connectivity index (χ1v) is 11.7. The van der Waals surface area contributed by atoms with Crippen LogP contribution < -0.4 is 10.2 Å². The van der Waals surface area contributed by atoms with Crippen molar-refractivity contribution in [1.29, 1.82) is 5.26 Å². The normalized spacial score (nSPS) is 16.5. The first-order valence-electron chi connectivity index (χ1n) is 11.7. The van der Waals surface area contributed by atoms with Gasteiger partial charge in [-0.25, -0.2) is 18.7 Å². The van der Waals surface area contributed by atoms with Gasteiger partial charge in [0, 0.05) is 49.0 Å². The zero-order chi connectivity index (χ0) is 24.9. The molecule has 0 bridgehead atoms. The number of hydrogen-bond donors (Lipinski definition) is 2. The van der Waals surface area contributed by atoms with Crippen molar-refractivity contribution in [3.05, 3.63) is 60.3 Å². The highest BCUT2D eigenvalue weighted by Gasteiger charge is 2.46. The monoisotopic (exact) mass is 488 g/mol. The van der Waals surface area contributed by atoms with Gasteiger partial charge in [-0.1, -0.05) is 0 Å². The Morgan fingerprint density at radius 2 is 2.08 bits per heavy atom. The van der Waals surface area contributed by atoms with Crippen LogP contribution in [0.4, 0.5) is 14.5 Å². The van der Waals surface area contributed by atoms with Crippen molar-refractivity contribution in [2.45, 2.75) is 24.8 Å². The van der Waals surface area contributed by atoms with E-state index in [1.165, 1.54) is 6.33 Å². The number of rotatable bonds is 7. The number of anilines is 1. The number of nitrogens with one attached hydrogen (secondary N) is 2. The second-order valence-corrected chi connectivity index (χ2v) is 9.49. The summed E-state index contributed by atoms with van der Waals surface area (Å²) in [4.78, 5) is 25.6. The number of nitriles is 1. The van der Waals surface area contributed by atoms with E-state index in [0.29, 0.717) is 23.8 Å². The minimum atomic E-state index is -0.780. The quantitative estimate of drug-likeness (QED) is 0.412. The summed E-state index contributed by atoms with van der Waals surface area (Å²) in [5.74, 6) is -1.65. The first kappa shape index (κ1) is 22.2. The van der Waals surface area contributed by atoms with Crippen LogP contribution in [-0.2, 0) is 5.54 Å². The number of amides is 1. The largest absolute Gasteiger partial charge is 0.364 e. The van der Waals surface area contributed by atoms with Crippen molar-refractivity contribution in [2.24, 2.45) is 5.92 Å². The fourth-order valence-electron chi connectivity index (χ4n) is 4.73. The van der Waals surface area contributed by atoms with Crippen molar-refractivity contribution in [3.63, 3.8) is 0 Å². The number of halogens is 2. The Balaban J connectivity index is 1.23. The van der Waals surface area contributed by atoms with E-state index in [1.54, 1.807) is 22.0 Å². The van der Waals surface area contributed by atoms with E-state index in [-0.39, 0.29) is 30.8 Å². The van der Waals surface area contributed by atoms with Gasteiger partial charge in [0.2, 0.25) is 0 Å². The van der Waals surface area contributed by atoms with Gasteiger partial charge in [-0.05, 0) is 30.9 Å². The third kappa shape index (κ3) is 3.75. The molecular weight excluding hydrogens is 466 g/mol. The van der Waals surface area contributed by atoms with Crippen LogP contribution >= 0.6 is 0 Å². The second-order valence-electron chi connectivity index (χ2n) is 9.49. The molecule has 0 spiro atoms. The van der Waals surface area contributed by atoms with Crippen LogP contribution in [0.15, 0.2) is 43.1 Å². The van der Waals surface area contributed by atoms with Gasteiger partial charge >= 0.3 is 0 Å². The lowest BCUT2D eigenvalue weighted by molar-refractivity contribution is 0.0947. The number of hydrogen-bond acceptors (Lipinski definition) is 6. The predicted molar refractivity (Wildman–Crippen MR) is 127 cm³/mol. The molecule has 2 N–H and O–H groups in total. The van der Waals surface area contributed by atoms with Crippen LogP contribution in [0.2, 0.25) is 0 Å². The molecule has 3 aromatic heterocycles. The minimum Gasteiger partial charge on any atom is -0.364 e. The highest BCUT2D eigenvalue weighted by molar-refractivity contribution is 5.95. The maximum atomic E-state index is 15.0. The second kappa shape index (κ2) is 8.41. The van der Waals surface area contributed by atoms with Crippen LogP contribution in [0.5, 0.6) is 0 Å². The summed E-state index contributed by atoms with van der Waals surface area (Å²) < 4.78 is 31.4. The summed E-state index contributed by atoms with van der Waals surface area (Å²) in [6.45, 7) is 0.990. The van der Waals surface area contributed by atoms with E-state index in [1.807, 2.05) is 12.3 Å². The molecule has 0 atom stereocenters. The summed E-state index contributed by atoms with van der Waals surface area (Å²) in [6.07, 6.45) is 8.96. The van der Waals surface area contributed by atoms with E-state index in [0.717, 1.165) is 35.9 Å². The molecule has 36 heavy (non-hydrogen) atoms. The third-order valence-electron chi connectivity index (χ3n) is 6.94. The van der Waals surface area contributed by atoms with Gasteiger partial charge in [-0.2, -0.15) is 10.4 Å². The lowest BCUT2D eigenvalue weighted by Gasteiger charge is -2.50. The number of benzene rings is 1. The molecule has 182 valence electrons. The van der Waals surface area contributed by atoms with Gasteiger partial charge in [0.25, 0.3) is 5.91 Å². The SMILES string of the molecule is N#CCC1(n2cc(-c3ncnc4[nH]ccc34)cn2)CN(c2cc(F)c(C(=O)NCC3CC3)cc2F)C1. The van der Waals surface area contributed by atoms with E-state index in [4.69, 9.17) is 0 Å². The molecule has 4 heterocycles. The number of carbonyl (C=O) groups is 1. The van der Waals surface area contributed by atoms with Crippen molar-refractivity contribution < 1.29 is 13.6 Å². The van der Waals surface area contributed by atoms with Gasteiger partial charge < -0.3 is 15.2 Å². The number of fused-ring (bicyclic) bond motifs is 1. The Morgan fingerprint density at radius 1 is 1.25 bits per heavy atom. The number of carbonyl (C=O) groups excluding carboxylic acids is 1. The Kier molecular flexibility index (Phi) is 5.17. The standard InChI is InChI=1S/C25H22F2N8O/c26-19-8-21(20(27)7-18(19)24(36)30-9-15-1-2-15)34-12-25(13-34,4-5-28)35-11-16(10-33-35)22-17-3-6-29-23(17)32-14-31-22/h3,6-8,10-11,14-15H,1-2,4,9,12-13H2,(H,30,36)(H,29,31,32). The molecule has 0 radical (unpaired) electrons. The number of H-pyrrole nitrogens is 1. The molecule has 1 amide bonds. The Morgan fingerprint density at radius 3 is 2.86 bits per heavy atom. The molecule has 1 saturated carbocycles. The molecule has 2 aliphatic rings. The van der Waals surface area contributed by atoms with Crippen LogP contribution in [0, 0.1) is 28.9 Å². The summed E-state index contributed by atoms with van der Waals surface area (Å²) in [5, 5.41) is 17.5. The van der Waals surface area contributed by atoms with Crippen molar-refractivity contribution in [3.8, 4) is 17.3 Å². The highest BCUT2D eigenvalue weighted by atomic mass is 19.1. The molecule has 11 heteroatoms. The van der Waals surface area contributed by atoms with Crippen molar-refractivity contribution in [1.82, 2.24) is 30.0 Å². The van der Waals surface area contributed by atoms with Crippen molar-refractivity contribution >= 4 is 22.6 Å². The average Bonchev–Trinajstić information content (AvgIpc) is 3.33. The van der Waals surface area contributed by atoms with Crippen LogP contribution in [0.1, 0.15) is 29.6 Å². The average molecular weight is 489 g/mol. The summed E-state index contributed by atoms with van der Waals surface area (Å²) in [7, 11) is 0. The molecule has 1 aromatic carbocycles. The van der Waals surface area contributed by atoms with Gasteiger partial charge in [0.05, 0.1) is 35.6 Å². The molecule has 4 aromatic rings. The maximum absolute atomic E-state index is 15.0. The summed E-state index contributed by atoms with van der Waals surface area (Å²) >= 11 is 0.